The summed E-state index contributed by atoms with van der Waals surface area (Å²) in [6.45, 7) is 3.76. The first-order valence-electron chi connectivity index (χ1n) is 6.73. The van der Waals surface area contributed by atoms with Crippen molar-refractivity contribution < 1.29 is 9.53 Å². The Morgan fingerprint density at radius 3 is 2.86 bits per heavy atom. The van der Waals surface area contributed by atoms with Gasteiger partial charge in [0.2, 0.25) is 0 Å². The molecule has 22 heavy (non-hydrogen) atoms. The minimum Gasteiger partial charge on any atom is -0.463 e. The number of ether oxygens (including phenoxy) is 1. The summed E-state index contributed by atoms with van der Waals surface area (Å²) in [5, 5.41) is 13.4. The number of dihydropyridines is 1. The minimum absolute atomic E-state index is 0.261. The third-order valence-electron chi connectivity index (χ3n) is 3.34. The Kier molecular flexibility index (Phi) is 5.17. The van der Waals surface area contributed by atoms with E-state index in [0.29, 0.717) is 26.9 Å². The molecule has 2 rings (SSSR count). The molecule has 0 unspecified atom stereocenters. The predicted molar refractivity (Wildman–Crippen MR) is 88.3 cm³/mol. The first-order chi connectivity index (χ1) is 10.5. The van der Waals surface area contributed by atoms with Crippen LogP contribution in [-0.4, -0.2) is 12.6 Å². The van der Waals surface area contributed by atoms with Gasteiger partial charge in [0.25, 0.3) is 0 Å². The highest BCUT2D eigenvalue weighted by Crippen LogP contribution is 2.39. The van der Waals surface area contributed by atoms with Gasteiger partial charge in [0, 0.05) is 10.7 Å². The van der Waals surface area contributed by atoms with Crippen molar-refractivity contribution in [2.75, 3.05) is 6.61 Å². The van der Waals surface area contributed by atoms with Gasteiger partial charge in [0.1, 0.15) is 0 Å². The van der Waals surface area contributed by atoms with Crippen molar-refractivity contribution in [1.29, 1.82) is 5.26 Å². The smallest absolute Gasteiger partial charge is 0.336 e. The van der Waals surface area contributed by atoms with Crippen LogP contribution in [0.5, 0.6) is 0 Å². The average molecular weight is 335 g/mol. The molecule has 0 fully saturated rings. The van der Waals surface area contributed by atoms with Crippen LogP contribution in [0.15, 0.2) is 46.1 Å². The SMILES string of the molecule is CCOC(=O)C1=C(C)NC(S)=C(C#N)[C@@H]1c1cccc(Cl)c1. The Morgan fingerprint density at radius 2 is 2.27 bits per heavy atom. The van der Waals surface area contributed by atoms with E-state index < -0.39 is 11.9 Å². The molecular weight excluding hydrogens is 320 g/mol. The van der Waals surface area contributed by atoms with Crippen LogP contribution in [0.3, 0.4) is 0 Å². The number of nitrogens with one attached hydrogen (secondary N) is 1. The highest BCUT2D eigenvalue weighted by Gasteiger charge is 2.34. The van der Waals surface area contributed by atoms with Gasteiger partial charge < -0.3 is 10.1 Å². The number of rotatable bonds is 3. The van der Waals surface area contributed by atoms with E-state index in [4.69, 9.17) is 16.3 Å². The fourth-order valence-corrected chi connectivity index (χ4v) is 2.97. The standard InChI is InChI=1S/C16H15ClN2O2S/c1-3-21-16(20)13-9(2)19-15(22)12(8-18)14(13)10-5-4-6-11(17)7-10/h4-7,14,19,22H,3H2,1-2H3/t14-/m0/s1. The van der Waals surface area contributed by atoms with Gasteiger partial charge in [0.05, 0.1) is 34.8 Å². The molecule has 4 nitrogen and oxygen atoms in total. The molecule has 0 amide bonds. The van der Waals surface area contributed by atoms with Gasteiger partial charge >= 0.3 is 5.97 Å². The summed E-state index contributed by atoms with van der Waals surface area (Å²) in [5.74, 6) is -0.998. The zero-order valence-electron chi connectivity index (χ0n) is 12.2. The molecule has 6 heteroatoms. The average Bonchev–Trinajstić information content (AvgIpc) is 2.46. The van der Waals surface area contributed by atoms with Crippen molar-refractivity contribution in [3.05, 3.63) is 56.7 Å². The third-order valence-corrected chi connectivity index (χ3v) is 3.93. The number of carbonyl (C=O) groups is 1. The molecule has 1 aliphatic heterocycles. The quantitative estimate of drug-likeness (QED) is 0.655. The Morgan fingerprint density at radius 1 is 1.55 bits per heavy atom. The Labute approximate surface area is 139 Å². The van der Waals surface area contributed by atoms with Gasteiger partial charge in [-0.15, -0.1) is 12.6 Å². The minimum atomic E-state index is -0.545. The van der Waals surface area contributed by atoms with E-state index in [-0.39, 0.29) is 6.61 Å². The van der Waals surface area contributed by atoms with Crippen molar-refractivity contribution in [3.63, 3.8) is 0 Å². The van der Waals surface area contributed by atoms with Crippen LogP contribution in [-0.2, 0) is 9.53 Å². The third kappa shape index (κ3) is 3.13. The van der Waals surface area contributed by atoms with Crippen LogP contribution in [0.25, 0.3) is 0 Å². The van der Waals surface area contributed by atoms with Gasteiger partial charge in [-0.2, -0.15) is 5.26 Å². The van der Waals surface area contributed by atoms with Crippen molar-refractivity contribution in [1.82, 2.24) is 5.32 Å². The van der Waals surface area contributed by atoms with Crippen LogP contribution in [0.1, 0.15) is 25.3 Å². The molecule has 1 atom stereocenters. The van der Waals surface area contributed by atoms with Gasteiger partial charge in [-0.3, -0.25) is 0 Å². The topological polar surface area (TPSA) is 62.1 Å². The normalized spacial score (nSPS) is 17.9. The molecule has 1 aromatic rings. The molecule has 0 spiro atoms. The monoisotopic (exact) mass is 334 g/mol. The maximum Gasteiger partial charge on any atom is 0.336 e. The number of hydrogen-bond donors (Lipinski definition) is 2. The largest absolute Gasteiger partial charge is 0.463 e. The lowest BCUT2D eigenvalue weighted by molar-refractivity contribution is -0.138. The zero-order chi connectivity index (χ0) is 16.3. The lowest BCUT2D eigenvalue weighted by atomic mass is 9.82. The Hall–Kier alpha value is -1.90. The molecule has 1 heterocycles. The van der Waals surface area contributed by atoms with Crippen LogP contribution in [0.2, 0.25) is 5.02 Å². The Bertz CT molecular complexity index is 719. The van der Waals surface area contributed by atoms with Crippen LogP contribution < -0.4 is 5.32 Å². The number of carbonyl (C=O) groups excluding carboxylic acids is 1. The van der Waals surface area contributed by atoms with E-state index in [9.17, 15) is 10.1 Å². The first kappa shape index (κ1) is 16.5. The molecule has 1 aromatic carbocycles. The first-order valence-corrected chi connectivity index (χ1v) is 7.55. The molecule has 0 saturated carbocycles. The Balaban J connectivity index is 2.62. The maximum absolute atomic E-state index is 12.3. The van der Waals surface area contributed by atoms with Gasteiger partial charge in [-0.05, 0) is 31.5 Å². The van der Waals surface area contributed by atoms with Crippen molar-refractivity contribution in [2.45, 2.75) is 19.8 Å². The molecule has 0 aliphatic carbocycles. The number of nitriles is 1. The van der Waals surface area contributed by atoms with Gasteiger partial charge in [-0.25, -0.2) is 4.79 Å². The molecule has 1 aliphatic rings. The van der Waals surface area contributed by atoms with E-state index >= 15 is 0 Å². The lowest BCUT2D eigenvalue weighted by Crippen LogP contribution is -2.28. The van der Waals surface area contributed by atoms with Crippen LogP contribution in [0.4, 0.5) is 0 Å². The van der Waals surface area contributed by atoms with Gasteiger partial charge in [-0.1, -0.05) is 23.7 Å². The van der Waals surface area contributed by atoms with Crippen molar-refractivity contribution in [3.8, 4) is 6.07 Å². The lowest BCUT2D eigenvalue weighted by Gasteiger charge is -2.28. The fraction of sp³-hybridized carbons (Fsp3) is 0.250. The summed E-state index contributed by atoms with van der Waals surface area (Å²) >= 11 is 10.4. The summed E-state index contributed by atoms with van der Waals surface area (Å²) in [4.78, 5) is 12.3. The summed E-state index contributed by atoms with van der Waals surface area (Å²) in [6, 6.07) is 9.21. The van der Waals surface area contributed by atoms with Crippen molar-refractivity contribution in [2.24, 2.45) is 0 Å². The molecule has 0 radical (unpaired) electrons. The summed E-state index contributed by atoms with van der Waals surface area (Å²) in [5.41, 5.74) is 2.13. The molecule has 1 N–H and O–H groups in total. The van der Waals surface area contributed by atoms with Gasteiger partial charge in [0.15, 0.2) is 0 Å². The van der Waals surface area contributed by atoms with Crippen LogP contribution in [0, 0.1) is 11.3 Å². The number of thiol groups is 1. The summed E-state index contributed by atoms with van der Waals surface area (Å²) in [6.07, 6.45) is 0. The molecule has 0 saturated heterocycles. The molecule has 114 valence electrons. The van der Waals surface area contributed by atoms with Crippen molar-refractivity contribution >= 4 is 30.2 Å². The van der Waals surface area contributed by atoms with E-state index in [0.717, 1.165) is 5.56 Å². The van der Waals surface area contributed by atoms with Crippen LogP contribution >= 0.6 is 24.2 Å². The van der Waals surface area contributed by atoms with E-state index in [1.54, 1.807) is 32.0 Å². The summed E-state index contributed by atoms with van der Waals surface area (Å²) in [7, 11) is 0. The predicted octanol–water partition coefficient (Wildman–Crippen LogP) is 3.53. The number of halogens is 1. The number of benzene rings is 1. The van der Waals surface area contributed by atoms with E-state index in [1.165, 1.54) is 0 Å². The second kappa shape index (κ2) is 6.91. The van der Waals surface area contributed by atoms with E-state index in [2.05, 4.69) is 24.0 Å². The maximum atomic E-state index is 12.3. The highest BCUT2D eigenvalue weighted by molar-refractivity contribution is 7.84. The molecule has 0 aromatic heterocycles. The fourth-order valence-electron chi connectivity index (χ4n) is 2.43. The summed E-state index contributed by atoms with van der Waals surface area (Å²) < 4.78 is 5.14. The van der Waals surface area contributed by atoms with E-state index in [1.807, 2.05) is 6.07 Å². The highest BCUT2D eigenvalue weighted by atomic mass is 35.5. The number of allylic oxidation sites excluding steroid dienone is 2. The second-order valence-electron chi connectivity index (χ2n) is 4.75. The number of hydrogen-bond acceptors (Lipinski definition) is 5. The number of nitrogens with zero attached hydrogens (tertiary/aromatic N) is 1. The molecular formula is C16H15ClN2O2S. The zero-order valence-corrected chi connectivity index (χ0v) is 13.8. The second-order valence-corrected chi connectivity index (χ2v) is 5.63. The molecule has 0 bridgehead atoms. The number of esters is 1.